The van der Waals surface area contributed by atoms with Crippen LogP contribution >= 0.6 is 0 Å². The Morgan fingerprint density at radius 2 is 1.88 bits per heavy atom. The van der Waals surface area contributed by atoms with Crippen molar-refractivity contribution in [2.45, 2.75) is 51.2 Å². The second-order valence-corrected chi connectivity index (χ2v) is 10.5. The summed E-state index contributed by atoms with van der Waals surface area (Å²) in [5, 5.41) is 1.13. The Morgan fingerprint density at radius 3 is 2.58 bits per heavy atom. The third-order valence-corrected chi connectivity index (χ3v) is 7.05. The molecule has 26 heavy (non-hydrogen) atoms. The number of rotatable bonds is 2. The first kappa shape index (κ1) is 17.6. The number of anilines is 1. The van der Waals surface area contributed by atoms with E-state index in [1.807, 2.05) is 39.2 Å². The molecule has 2 aromatic rings. The summed E-state index contributed by atoms with van der Waals surface area (Å²) >= 11 is 0. The van der Waals surface area contributed by atoms with Crippen molar-refractivity contribution in [1.29, 1.82) is 0 Å². The maximum Gasteiger partial charge on any atom is 0.144 e. The highest BCUT2D eigenvalue weighted by atomic mass is 32.2. The minimum absolute atomic E-state index is 0.268. The highest BCUT2D eigenvalue weighted by Gasteiger charge is 2.44. The zero-order valence-corrected chi connectivity index (χ0v) is 16.6. The minimum atomic E-state index is -1.13. The van der Waals surface area contributed by atoms with Crippen LogP contribution in [0.5, 0.6) is 0 Å². The molecule has 1 aliphatic heterocycles. The topological polar surface area (TPSA) is 58.5 Å². The predicted octanol–water partition coefficient (Wildman–Crippen LogP) is 3.91. The average Bonchev–Trinajstić information content (AvgIpc) is 2.60. The van der Waals surface area contributed by atoms with Gasteiger partial charge < -0.3 is 4.90 Å². The Kier molecular flexibility index (Phi) is 4.34. The van der Waals surface area contributed by atoms with E-state index in [-0.39, 0.29) is 4.75 Å². The van der Waals surface area contributed by atoms with Gasteiger partial charge in [-0.25, -0.2) is 4.21 Å². The van der Waals surface area contributed by atoms with Gasteiger partial charge in [-0.1, -0.05) is 0 Å². The monoisotopic (exact) mass is 370 g/mol. The third-order valence-electron chi connectivity index (χ3n) is 5.58. The predicted molar refractivity (Wildman–Crippen MR) is 108 cm³/mol. The van der Waals surface area contributed by atoms with E-state index in [2.05, 4.69) is 25.3 Å². The molecule has 2 aliphatic rings. The lowest BCUT2D eigenvalue weighted by Gasteiger charge is -2.49. The van der Waals surface area contributed by atoms with E-state index in [4.69, 9.17) is 0 Å². The molecule has 0 radical (unpaired) electrons. The van der Waals surface area contributed by atoms with Crippen molar-refractivity contribution in [2.75, 3.05) is 18.0 Å². The van der Waals surface area contributed by atoms with Crippen LogP contribution in [0.2, 0.25) is 0 Å². The van der Waals surface area contributed by atoms with Crippen molar-refractivity contribution in [3.63, 3.8) is 0 Å². The summed E-state index contributed by atoms with van der Waals surface area (Å²) in [7, 11) is -1.13. The fourth-order valence-corrected chi connectivity index (χ4v) is 4.60. The largest absolute Gasteiger partial charge is 0.371 e. The third kappa shape index (κ3) is 3.27. The van der Waals surface area contributed by atoms with Crippen LogP contribution in [-0.4, -0.2) is 37.7 Å². The highest BCUT2D eigenvalue weighted by molar-refractivity contribution is 7.85. The summed E-state index contributed by atoms with van der Waals surface area (Å²) in [6.45, 7) is 8.03. The molecule has 1 aliphatic carbocycles. The van der Waals surface area contributed by atoms with Gasteiger partial charge in [0.25, 0.3) is 0 Å². The fourth-order valence-electron chi connectivity index (χ4n) is 3.96. The number of nitrogens with zero attached hydrogens (tertiary/aromatic N) is 4. The average molecular weight is 371 g/mol. The molecular formula is C20H26N4OS. The normalized spacial score (nSPS) is 20.9. The number of pyridine rings is 2. The minimum Gasteiger partial charge on any atom is -0.371 e. The highest BCUT2D eigenvalue weighted by Crippen LogP contribution is 2.48. The summed E-state index contributed by atoms with van der Waals surface area (Å²) in [6, 6.07) is 4.07. The molecule has 0 amide bonds. The van der Waals surface area contributed by atoms with Crippen LogP contribution in [-0.2, 0) is 11.0 Å². The second kappa shape index (κ2) is 6.41. The van der Waals surface area contributed by atoms with Crippen molar-refractivity contribution in [1.82, 2.24) is 9.97 Å². The second-order valence-electron chi connectivity index (χ2n) is 8.58. The molecule has 1 unspecified atom stereocenters. The van der Waals surface area contributed by atoms with Crippen LogP contribution in [0, 0.1) is 5.41 Å². The summed E-state index contributed by atoms with van der Waals surface area (Å²) in [4.78, 5) is 11.2. The fraction of sp³-hybridized carbons (Fsp3) is 0.550. The maximum atomic E-state index is 12.2. The molecule has 4 rings (SSSR count). The van der Waals surface area contributed by atoms with Gasteiger partial charge in [0.1, 0.15) is 11.0 Å². The van der Waals surface area contributed by atoms with Crippen molar-refractivity contribution in [2.24, 2.45) is 9.81 Å². The molecule has 0 bridgehead atoms. The first-order valence-electron chi connectivity index (χ1n) is 9.29. The van der Waals surface area contributed by atoms with E-state index in [1.165, 1.54) is 5.69 Å². The molecule has 1 saturated carbocycles. The van der Waals surface area contributed by atoms with Gasteiger partial charge in [-0.15, -0.1) is 0 Å². The molecule has 0 N–H and O–H groups in total. The van der Waals surface area contributed by atoms with Gasteiger partial charge in [-0.3, -0.25) is 9.97 Å². The maximum absolute atomic E-state index is 12.2. The summed E-state index contributed by atoms with van der Waals surface area (Å²) in [5.41, 5.74) is 3.75. The Bertz CT molecular complexity index is 864. The first-order chi connectivity index (χ1) is 12.4. The van der Waals surface area contributed by atoms with Crippen LogP contribution in [0.4, 0.5) is 5.69 Å². The van der Waals surface area contributed by atoms with Crippen LogP contribution < -0.4 is 4.90 Å². The zero-order chi connectivity index (χ0) is 18.4. The van der Waals surface area contributed by atoms with Gasteiger partial charge in [-0.05, 0) is 64.0 Å². The van der Waals surface area contributed by atoms with Gasteiger partial charge in [0.05, 0.1) is 10.3 Å². The van der Waals surface area contributed by atoms with Crippen LogP contribution in [0.25, 0.3) is 10.9 Å². The Balaban J connectivity index is 1.43. The lowest BCUT2D eigenvalue weighted by molar-refractivity contribution is 0.199. The van der Waals surface area contributed by atoms with Crippen molar-refractivity contribution in [3.05, 3.63) is 30.7 Å². The van der Waals surface area contributed by atoms with E-state index in [1.54, 1.807) is 6.20 Å². The molecule has 1 saturated heterocycles. The lowest BCUT2D eigenvalue weighted by Crippen LogP contribution is -2.47. The SMILES string of the molecule is CC(C)(C)S(=O)N=C1CC2(CCN(c3ccnc4ccncc34)CC2)C1. The quantitative estimate of drug-likeness (QED) is 0.804. The molecule has 5 nitrogen and oxygen atoms in total. The summed E-state index contributed by atoms with van der Waals surface area (Å²) in [5.74, 6) is 0. The van der Waals surface area contributed by atoms with Gasteiger partial charge >= 0.3 is 0 Å². The lowest BCUT2D eigenvalue weighted by atomic mass is 9.62. The van der Waals surface area contributed by atoms with Gasteiger partial charge in [0.15, 0.2) is 0 Å². The molecule has 1 atom stereocenters. The number of hydrogen-bond donors (Lipinski definition) is 0. The molecule has 138 valence electrons. The number of hydrogen-bond acceptors (Lipinski definition) is 4. The smallest absolute Gasteiger partial charge is 0.144 e. The van der Waals surface area contributed by atoms with Gasteiger partial charge in [-0.2, -0.15) is 4.40 Å². The molecule has 2 fully saturated rings. The Labute approximate surface area is 157 Å². The van der Waals surface area contributed by atoms with Crippen molar-refractivity contribution in [3.8, 4) is 0 Å². The Hall–Kier alpha value is -1.82. The summed E-state index contributed by atoms with van der Waals surface area (Å²) < 4.78 is 16.4. The van der Waals surface area contributed by atoms with E-state index < -0.39 is 11.0 Å². The molecule has 6 heteroatoms. The summed E-state index contributed by atoms with van der Waals surface area (Å²) in [6.07, 6.45) is 9.95. The van der Waals surface area contributed by atoms with Gasteiger partial charge in [0, 0.05) is 48.5 Å². The Morgan fingerprint density at radius 1 is 1.15 bits per heavy atom. The molecule has 1 spiro atoms. The van der Waals surface area contributed by atoms with Crippen LogP contribution in [0.1, 0.15) is 46.5 Å². The van der Waals surface area contributed by atoms with Crippen LogP contribution in [0.15, 0.2) is 35.1 Å². The van der Waals surface area contributed by atoms with E-state index in [0.29, 0.717) is 5.41 Å². The first-order valence-corrected chi connectivity index (χ1v) is 10.4. The molecular weight excluding hydrogens is 344 g/mol. The molecule has 3 heterocycles. The van der Waals surface area contributed by atoms with E-state index in [9.17, 15) is 4.21 Å². The molecule has 2 aromatic heterocycles. The van der Waals surface area contributed by atoms with Crippen molar-refractivity contribution < 1.29 is 4.21 Å². The van der Waals surface area contributed by atoms with E-state index in [0.717, 1.165) is 55.4 Å². The number of piperidine rings is 1. The molecule has 0 aromatic carbocycles. The van der Waals surface area contributed by atoms with Gasteiger partial charge in [0.2, 0.25) is 0 Å². The zero-order valence-electron chi connectivity index (χ0n) is 15.7. The van der Waals surface area contributed by atoms with E-state index >= 15 is 0 Å². The number of aromatic nitrogens is 2. The number of fused-ring (bicyclic) bond motifs is 1. The standard InChI is InChI=1S/C20H26N4OS/c1-19(2,3)26(25)23-15-12-20(13-15)6-10-24(11-7-20)18-5-9-22-17-4-8-21-14-16(17)18/h4-5,8-9,14H,6-7,10-13H2,1-3H3. The van der Waals surface area contributed by atoms with Crippen molar-refractivity contribution >= 4 is 33.3 Å². The van der Waals surface area contributed by atoms with Crippen LogP contribution in [0.3, 0.4) is 0 Å².